The van der Waals surface area contributed by atoms with Gasteiger partial charge in [0.05, 0.1) is 48.1 Å². The predicted octanol–water partition coefficient (Wildman–Crippen LogP) is 4.76. The van der Waals surface area contributed by atoms with Gasteiger partial charge in [0.25, 0.3) is 0 Å². The Balaban J connectivity index is 1.89. The standard InChI is InChI=1S/C25H27N3O4/c1-14-12-27-24(32-13-16-6-4-5-7-16)22-21(20(25(29)30)15(2)28-23(14)22)18-9-8-17(11-26)10-19(18)31-3/h8-10,12,16,21,28H,4-7,13H2,1-3H3,(H,29,30). The van der Waals surface area contributed by atoms with Crippen molar-refractivity contribution in [2.45, 2.75) is 45.4 Å². The number of fused-ring (bicyclic) bond motifs is 1. The van der Waals surface area contributed by atoms with Gasteiger partial charge in [0.15, 0.2) is 0 Å². The van der Waals surface area contributed by atoms with Crippen LogP contribution in [0, 0.1) is 24.2 Å². The summed E-state index contributed by atoms with van der Waals surface area (Å²) in [5.74, 6) is -0.300. The molecule has 0 bridgehead atoms. The molecule has 2 aromatic rings. The van der Waals surface area contributed by atoms with Crippen LogP contribution in [0.3, 0.4) is 0 Å². The summed E-state index contributed by atoms with van der Waals surface area (Å²) in [7, 11) is 1.52. The Morgan fingerprint density at radius 2 is 2.06 bits per heavy atom. The SMILES string of the molecule is COc1cc(C#N)ccc1C1C(C(=O)O)=C(C)Nc2c(C)cnc(OCC3CCCC3)c21. The second-order valence-corrected chi connectivity index (χ2v) is 8.47. The van der Waals surface area contributed by atoms with Crippen LogP contribution in [0.5, 0.6) is 11.6 Å². The van der Waals surface area contributed by atoms with Crippen LogP contribution in [0.4, 0.5) is 5.69 Å². The number of hydrogen-bond donors (Lipinski definition) is 2. The van der Waals surface area contributed by atoms with Crippen molar-refractivity contribution in [2.24, 2.45) is 5.92 Å². The fourth-order valence-electron chi connectivity index (χ4n) is 4.76. The molecule has 1 unspecified atom stereocenters. The Labute approximate surface area is 187 Å². The third-order valence-electron chi connectivity index (χ3n) is 6.40. The first-order valence-electron chi connectivity index (χ1n) is 10.9. The van der Waals surface area contributed by atoms with Crippen LogP contribution >= 0.6 is 0 Å². The number of ether oxygens (including phenoxy) is 2. The van der Waals surface area contributed by atoms with Gasteiger partial charge in [0.1, 0.15) is 5.75 Å². The summed E-state index contributed by atoms with van der Waals surface area (Å²) < 4.78 is 11.8. The minimum atomic E-state index is -1.03. The van der Waals surface area contributed by atoms with Crippen molar-refractivity contribution in [3.8, 4) is 17.7 Å². The summed E-state index contributed by atoms with van der Waals surface area (Å²) in [4.78, 5) is 17.0. The molecule has 1 fully saturated rings. The van der Waals surface area contributed by atoms with Gasteiger partial charge in [-0.25, -0.2) is 9.78 Å². The van der Waals surface area contributed by atoms with Gasteiger partial charge in [-0.1, -0.05) is 18.9 Å². The highest BCUT2D eigenvalue weighted by molar-refractivity contribution is 5.94. The van der Waals surface area contributed by atoms with Crippen molar-refractivity contribution in [1.82, 2.24) is 4.98 Å². The predicted molar refractivity (Wildman–Crippen MR) is 120 cm³/mol. The van der Waals surface area contributed by atoms with Crippen LogP contribution in [-0.2, 0) is 4.79 Å². The number of nitrogens with zero attached hydrogens (tertiary/aromatic N) is 2. The Morgan fingerprint density at radius 1 is 1.31 bits per heavy atom. The van der Waals surface area contributed by atoms with Crippen molar-refractivity contribution >= 4 is 11.7 Å². The van der Waals surface area contributed by atoms with Crippen LogP contribution in [0.1, 0.15) is 60.8 Å². The van der Waals surface area contributed by atoms with E-state index in [1.165, 1.54) is 20.0 Å². The fraction of sp³-hybridized carbons (Fsp3) is 0.400. The molecule has 2 aliphatic rings. The summed E-state index contributed by atoms with van der Waals surface area (Å²) >= 11 is 0. The Bertz CT molecular complexity index is 1130. The lowest BCUT2D eigenvalue weighted by Gasteiger charge is -2.32. The minimum Gasteiger partial charge on any atom is -0.496 e. The highest BCUT2D eigenvalue weighted by atomic mass is 16.5. The smallest absolute Gasteiger partial charge is 0.334 e. The highest BCUT2D eigenvalue weighted by Gasteiger charge is 2.38. The van der Waals surface area contributed by atoms with Gasteiger partial charge in [0.2, 0.25) is 5.88 Å². The van der Waals surface area contributed by atoms with E-state index < -0.39 is 11.9 Å². The molecule has 0 saturated heterocycles. The first kappa shape index (κ1) is 21.7. The molecule has 1 aliphatic heterocycles. The van der Waals surface area contributed by atoms with Crippen molar-refractivity contribution in [1.29, 1.82) is 5.26 Å². The molecule has 0 amide bonds. The molecule has 166 valence electrons. The highest BCUT2D eigenvalue weighted by Crippen LogP contribution is 2.49. The number of aliphatic carboxylic acids is 1. The van der Waals surface area contributed by atoms with Crippen LogP contribution in [-0.4, -0.2) is 29.8 Å². The van der Waals surface area contributed by atoms with Crippen LogP contribution in [0.15, 0.2) is 35.7 Å². The lowest BCUT2D eigenvalue weighted by molar-refractivity contribution is -0.133. The Kier molecular flexibility index (Phi) is 6.04. The first-order valence-corrected chi connectivity index (χ1v) is 10.9. The van der Waals surface area contributed by atoms with E-state index >= 15 is 0 Å². The van der Waals surface area contributed by atoms with Gasteiger partial charge < -0.3 is 19.9 Å². The molecule has 1 aliphatic carbocycles. The lowest BCUT2D eigenvalue weighted by Crippen LogP contribution is -2.25. The van der Waals surface area contributed by atoms with Crippen molar-refractivity contribution in [3.05, 3.63) is 57.9 Å². The number of allylic oxidation sites excluding steroid dienone is 1. The van der Waals surface area contributed by atoms with E-state index in [2.05, 4.69) is 16.4 Å². The zero-order chi connectivity index (χ0) is 22.8. The minimum absolute atomic E-state index is 0.207. The normalized spacial score (nSPS) is 18.0. The van der Waals surface area contributed by atoms with Crippen LogP contribution in [0.25, 0.3) is 0 Å². The number of carbonyl (C=O) groups is 1. The molecule has 1 atom stereocenters. The molecule has 0 spiro atoms. The average Bonchev–Trinajstić information content (AvgIpc) is 3.31. The van der Waals surface area contributed by atoms with Gasteiger partial charge in [0, 0.05) is 17.5 Å². The van der Waals surface area contributed by atoms with E-state index in [0.29, 0.717) is 46.5 Å². The molecule has 1 aromatic heterocycles. The van der Waals surface area contributed by atoms with Gasteiger partial charge in [-0.2, -0.15) is 5.26 Å². The molecule has 32 heavy (non-hydrogen) atoms. The number of benzene rings is 1. The van der Waals surface area contributed by atoms with Crippen molar-refractivity contribution < 1.29 is 19.4 Å². The van der Waals surface area contributed by atoms with Gasteiger partial charge in [-0.15, -0.1) is 0 Å². The van der Waals surface area contributed by atoms with Crippen molar-refractivity contribution in [3.63, 3.8) is 0 Å². The molecular formula is C25H27N3O4. The van der Waals surface area contributed by atoms with E-state index in [4.69, 9.17) is 9.47 Å². The number of hydrogen-bond acceptors (Lipinski definition) is 6. The maximum absolute atomic E-state index is 12.4. The molecule has 0 radical (unpaired) electrons. The number of anilines is 1. The second-order valence-electron chi connectivity index (χ2n) is 8.47. The molecule has 1 saturated carbocycles. The Morgan fingerprint density at radius 3 is 2.72 bits per heavy atom. The first-order chi connectivity index (χ1) is 15.4. The summed E-state index contributed by atoms with van der Waals surface area (Å²) in [6, 6.07) is 7.18. The largest absolute Gasteiger partial charge is 0.496 e. The van der Waals surface area contributed by atoms with Crippen LogP contribution in [0.2, 0.25) is 0 Å². The molecule has 7 nitrogen and oxygen atoms in total. The molecule has 4 rings (SSSR count). The fourth-order valence-corrected chi connectivity index (χ4v) is 4.76. The monoisotopic (exact) mass is 433 g/mol. The van der Waals surface area contributed by atoms with E-state index in [-0.39, 0.29) is 5.57 Å². The van der Waals surface area contributed by atoms with E-state index in [1.807, 2.05) is 6.92 Å². The van der Waals surface area contributed by atoms with E-state index in [1.54, 1.807) is 31.3 Å². The quantitative estimate of drug-likeness (QED) is 0.677. The van der Waals surface area contributed by atoms with E-state index in [9.17, 15) is 15.2 Å². The summed E-state index contributed by atoms with van der Waals surface area (Å²) in [6.45, 7) is 4.25. The van der Waals surface area contributed by atoms with Crippen molar-refractivity contribution in [2.75, 3.05) is 19.0 Å². The second kappa shape index (κ2) is 8.91. The van der Waals surface area contributed by atoms with Gasteiger partial charge in [-0.3, -0.25) is 0 Å². The number of aryl methyl sites for hydroxylation is 1. The number of aromatic nitrogens is 1. The van der Waals surface area contributed by atoms with Crippen LogP contribution < -0.4 is 14.8 Å². The zero-order valence-electron chi connectivity index (χ0n) is 18.6. The van der Waals surface area contributed by atoms with Gasteiger partial charge >= 0.3 is 5.97 Å². The summed E-state index contributed by atoms with van der Waals surface area (Å²) in [5.41, 5.74) is 4.25. The number of nitriles is 1. The number of carboxylic acid groups (broad SMARTS) is 1. The number of pyridine rings is 1. The summed E-state index contributed by atoms with van der Waals surface area (Å²) in [6.07, 6.45) is 6.45. The molecular weight excluding hydrogens is 406 g/mol. The topological polar surface area (TPSA) is 104 Å². The number of carboxylic acids is 1. The average molecular weight is 434 g/mol. The zero-order valence-corrected chi connectivity index (χ0v) is 18.6. The molecule has 2 N–H and O–H groups in total. The molecule has 7 heteroatoms. The number of nitrogens with one attached hydrogen (secondary N) is 1. The third kappa shape index (κ3) is 3.89. The maximum Gasteiger partial charge on any atom is 0.334 e. The molecule has 1 aromatic carbocycles. The number of rotatable bonds is 6. The maximum atomic E-state index is 12.4. The summed E-state index contributed by atoms with van der Waals surface area (Å²) in [5, 5.41) is 22.7. The molecule has 2 heterocycles. The van der Waals surface area contributed by atoms with E-state index in [0.717, 1.165) is 24.1 Å². The lowest BCUT2D eigenvalue weighted by atomic mass is 9.79. The van der Waals surface area contributed by atoms with Gasteiger partial charge in [-0.05, 0) is 50.3 Å². The Hall–Kier alpha value is -3.53. The third-order valence-corrected chi connectivity index (χ3v) is 6.40. The number of methoxy groups -OCH3 is 1.